The molecule has 3 nitrogen and oxygen atoms in total. The van der Waals surface area contributed by atoms with Crippen LogP contribution in [0.1, 0.15) is 58.3 Å². The molecule has 0 bridgehead atoms. The van der Waals surface area contributed by atoms with Gasteiger partial charge in [0, 0.05) is 38.8 Å². The van der Waals surface area contributed by atoms with Crippen molar-refractivity contribution in [2.24, 2.45) is 5.92 Å². The molecule has 0 N–H and O–H groups in total. The van der Waals surface area contributed by atoms with Gasteiger partial charge in [-0.25, -0.2) is 0 Å². The van der Waals surface area contributed by atoms with Gasteiger partial charge in [0.15, 0.2) is 0 Å². The van der Waals surface area contributed by atoms with E-state index in [1.165, 1.54) is 104 Å². The number of piperazine rings is 1. The fourth-order valence-electron chi connectivity index (χ4n) is 4.78. The van der Waals surface area contributed by atoms with Crippen molar-refractivity contribution in [1.82, 2.24) is 14.7 Å². The number of likely N-dealkylation sites (N-methyl/N-ethyl adjacent to an activating group) is 1. The van der Waals surface area contributed by atoms with Crippen molar-refractivity contribution >= 4 is 0 Å². The summed E-state index contributed by atoms with van der Waals surface area (Å²) in [6.07, 6.45) is 11.9. The highest BCUT2D eigenvalue weighted by molar-refractivity contribution is 4.86. The van der Waals surface area contributed by atoms with E-state index in [1.54, 1.807) is 0 Å². The lowest BCUT2D eigenvalue weighted by molar-refractivity contribution is 0.101. The van der Waals surface area contributed by atoms with Gasteiger partial charge in [-0.15, -0.1) is 0 Å². The van der Waals surface area contributed by atoms with Crippen LogP contribution in [0.5, 0.6) is 0 Å². The molecule has 1 aliphatic carbocycles. The molecule has 0 spiro atoms. The second-order valence-corrected chi connectivity index (χ2v) is 7.86. The average Bonchev–Trinajstić information content (AvgIpc) is 2.88. The van der Waals surface area contributed by atoms with Crippen LogP contribution in [-0.4, -0.2) is 73.1 Å². The Labute approximate surface area is 138 Å². The van der Waals surface area contributed by atoms with Crippen LogP contribution in [0, 0.1) is 5.92 Å². The Morgan fingerprint density at radius 3 is 2.18 bits per heavy atom. The first-order chi connectivity index (χ1) is 10.8. The van der Waals surface area contributed by atoms with Crippen molar-refractivity contribution in [2.75, 3.05) is 52.4 Å². The van der Waals surface area contributed by atoms with E-state index in [1.807, 2.05) is 0 Å². The summed E-state index contributed by atoms with van der Waals surface area (Å²) in [5.41, 5.74) is 0. The first kappa shape index (κ1) is 16.7. The van der Waals surface area contributed by atoms with Gasteiger partial charge >= 0.3 is 0 Å². The van der Waals surface area contributed by atoms with Crippen molar-refractivity contribution < 1.29 is 0 Å². The molecule has 1 saturated carbocycles. The molecule has 0 amide bonds. The number of hydrogen-bond acceptors (Lipinski definition) is 3. The monoisotopic (exact) mass is 307 g/mol. The molecule has 22 heavy (non-hydrogen) atoms. The van der Waals surface area contributed by atoms with Crippen molar-refractivity contribution in [3.8, 4) is 0 Å². The van der Waals surface area contributed by atoms with Crippen LogP contribution in [0.15, 0.2) is 0 Å². The van der Waals surface area contributed by atoms with Gasteiger partial charge in [0.25, 0.3) is 0 Å². The fourth-order valence-corrected chi connectivity index (χ4v) is 4.78. The lowest BCUT2D eigenvalue weighted by Crippen LogP contribution is -2.50. The Morgan fingerprint density at radius 2 is 1.50 bits per heavy atom. The highest BCUT2D eigenvalue weighted by Crippen LogP contribution is 2.26. The zero-order valence-electron chi connectivity index (χ0n) is 14.8. The Bertz CT molecular complexity index is 304. The maximum Gasteiger partial charge on any atom is 0.0236 e. The molecule has 3 heteroatoms. The first-order valence-corrected chi connectivity index (χ1v) is 10.0. The van der Waals surface area contributed by atoms with E-state index < -0.39 is 0 Å². The summed E-state index contributed by atoms with van der Waals surface area (Å²) in [5, 5.41) is 0. The molecule has 3 rings (SSSR count). The van der Waals surface area contributed by atoms with Crippen LogP contribution in [-0.2, 0) is 0 Å². The lowest BCUT2D eigenvalue weighted by Gasteiger charge is -2.37. The van der Waals surface area contributed by atoms with Crippen LogP contribution in [0.2, 0.25) is 0 Å². The first-order valence-electron chi connectivity index (χ1n) is 10.0. The fraction of sp³-hybridized carbons (Fsp3) is 1.00. The Kier molecular flexibility index (Phi) is 6.58. The second-order valence-electron chi connectivity index (χ2n) is 7.86. The molecule has 128 valence electrons. The molecule has 0 unspecified atom stereocenters. The summed E-state index contributed by atoms with van der Waals surface area (Å²) in [4.78, 5) is 8.13. The molecule has 2 saturated heterocycles. The lowest BCUT2D eigenvalue weighted by atomic mass is 9.96. The van der Waals surface area contributed by atoms with Gasteiger partial charge in [0.05, 0.1) is 0 Å². The van der Waals surface area contributed by atoms with E-state index in [0.29, 0.717) is 0 Å². The van der Waals surface area contributed by atoms with Gasteiger partial charge in [-0.05, 0) is 38.4 Å². The van der Waals surface area contributed by atoms with E-state index in [4.69, 9.17) is 0 Å². The van der Waals surface area contributed by atoms with Crippen LogP contribution in [0.25, 0.3) is 0 Å². The molecule has 0 aromatic rings. The number of rotatable bonds is 5. The summed E-state index contributed by atoms with van der Waals surface area (Å²) in [7, 11) is 0. The van der Waals surface area contributed by atoms with E-state index in [0.717, 1.165) is 12.0 Å². The smallest absolute Gasteiger partial charge is 0.0236 e. The molecule has 2 aliphatic heterocycles. The number of nitrogens with zero attached hydrogens (tertiary/aromatic N) is 3. The van der Waals surface area contributed by atoms with Crippen molar-refractivity contribution in [3.05, 3.63) is 0 Å². The topological polar surface area (TPSA) is 9.72 Å². The van der Waals surface area contributed by atoms with Gasteiger partial charge in [0.1, 0.15) is 0 Å². The van der Waals surface area contributed by atoms with Gasteiger partial charge in [-0.3, -0.25) is 4.90 Å². The second kappa shape index (κ2) is 8.65. The Balaban J connectivity index is 1.35. The standard InChI is InChI=1S/C19H37N3/c1-2-20-13-15-22(16-14-20)19-10-12-21(17-19)11-9-18-7-5-3-4-6-8-18/h18-19H,2-17H2,1H3/t19-/m1/s1. The predicted octanol–water partition coefficient (Wildman–Crippen LogP) is 3.06. The maximum atomic E-state index is 2.78. The largest absolute Gasteiger partial charge is 0.302 e. The molecule has 2 heterocycles. The van der Waals surface area contributed by atoms with E-state index >= 15 is 0 Å². The number of likely N-dealkylation sites (tertiary alicyclic amines) is 1. The maximum absolute atomic E-state index is 2.78. The molecule has 3 aliphatic rings. The molecular formula is C19H37N3. The summed E-state index contributed by atoms with van der Waals surface area (Å²) in [6.45, 7) is 12.8. The Hall–Kier alpha value is -0.120. The van der Waals surface area contributed by atoms with Gasteiger partial charge in [0.2, 0.25) is 0 Å². The summed E-state index contributed by atoms with van der Waals surface area (Å²) in [5.74, 6) is 1.04. The molecular weight excluding hydrogens is 270 g/mol. The third-order valence-electron chi connectivity index (χ3n) is 6.45. The van der Waals surface area contributed by atoms with Crippen molar-refractivity contribution in [3.63, 3.8) is 0 Å². The summed E-state index contributed by atoms with van der Waals surface area (Å²) < 4.78 is 0. The predicted molar refractivity (Wildman–Crippen MR) is 94.3 cm³/mol. The van der Waals surface area contributed by atoms with Gasteiger partial charge in [-0.1, -0.05) is 45.4 Å². The summed E-state index contributed by atoms with van der Waals surface area (Å²) in [6, 6.07) is 0.855. The highest BCUT2D eigenvalue weighted by atomic mass is 15.3. The number of hydrogen-bond donors (Lipinski definition) is 0. The van der Waals surface area contributed by atoms with E-state index in [2.05, 4.69) is 21.6 Å². The molecule has 0 aromatic heterocycles. The van der Waals surface area contributed by atoms with Crippen LogP contribution < -0.4 is 0 Å². The van der Waals surface area contributed by atoms with Crippen molar-refractivity contribution in [2.45, 2.75) is 64.3 Å². The molecule has 0 radical (unpaired) electrons. The third kappa shape index (κ3) is 4.69. The van der Waals surface area contributed by atoms with Crippen molar-refractivity contribution in [1.29, 1.82) is 0 Å². The average molecular weight is 308 g/mol. The molecule has 0 aromatic carbocycles. The minimum atomic E-state index is 0.855. The zero-order chi connectivity index (χ0) is 15.2. The minimum absolute atomic E-state index is 0.855. The molecule has 1 atom stereocenters. The third-order valence-corrected chi connectivity index (χ3v) is 6.45. The van der Waals surface area contributed by atoms with Gasteiger partial charge < -0.3 is 9.80 Å². The SMILES string of the molecule is CCN1CCN([C@@H]2CCN(CCC3CCCCCC3)C2)CC1. The highest BCUT2D eigenvalue weighted by Gasteiger charge is 2.29. The summed E-state index contributed by atoms with van der Waals surface area (Å²) >= 11 is 0. The van der Waals surface area contributed by atoms with E-state index in [-0.39, 0.29) is 0 Å². The van der Waals surface area contributed by atoms with Gasteiger partial charge in [-0.2, -0.15) is 0 Å². The Morgan fingerprint density at radius 1 is 0.773 bits per heavy atom. The zero-order valence-corrected chi connectivity index (χ0v) is 14.8. The molecule has 3 fully saturated rings. The normalized spacial score (nSPS) is 30.7. The van der Waals surface area contributed by atoms with Crippen LogP contribution >= 0.6 is 0 Å². The van der Waals surface area contributed by atoms with Crippen LogP contribution in [0.4, 0.5) is 0 Å². The van der Waals surface area contributed by atoms with Crippen LogP contribution in [0.3, 0.4) is 0 Å². The van der Waals surface area contributed by atoms with E-state index in [9.17, 15) is 0 Å². The minimum Gasteiger partial charge on any atom is -0.302 e. The quantitative estimate of drug-likeness (QED) is 0.723.